The number of piperazine rings is 1. The second-order valence-electron chi connectivity index (χ2n) is 10.6. The topological polar surface area (TPSA) is 52.7 Å². The fourth-order valence-electron chi connectivity index (χ4n) is 5.17. The summed E-state index contributed by atoms with van der Waals surface area (Å²) in [7, 11) is 1.78. The van der Waals surface area contributed by atoms with E-state index in [2.05, 4.69) is 67.7 Å². The summed E-state index contributed by atoms with van der Waals surface area (Å²) in [6.45, 7) is 8.89. The Bertz CT molecular complexity index is 988. The number of nitrogens with zero attached hydrogens (tertiary/aromatic N) is 2. The van der Waals surface area contributed by atoms with Gasteiger partial charge in [0.15, 0.2) is 0 Å². The maximum Gasteiger partial charge on any atom is 0.246 e. The fraction of sp³-hybridized carbons (Fsp3) is 0.562. The summed E-state index contributed by atoms with van der Waals surface area (Å²) in [6.07, 6.45) is 9.97. The predicted molar refractivity (Wildman–Crippen MR) is 153 cm³/mol. The number of likely N-dealkylation sites (N-methyl/N-ethyl adjacent to an activating group) is 1. The summed E-state index contributed by atoms with van der Waals surface area (Å²) >= 11 is 0. The summed E-state index contributed by atoms with van der Waals surface area (Å²) in [5.41, 5.74) is 4.72. The number of carbonyl (C=O) groups is 2. The van der Waals surface area contributed by atoms with Crippen LogP contribution in [-0.2, 0) is 22.6 Å². The van der Waals surface area contributed by atoms with Gasteiger partial charge in [-0.2, -0.15) is 0 Å². The van der Waals surface area contributed by atoms with Crippen molar-refractivity contribution in [3.8, 4) is 11.1 Å². The molecule has 2 amide bonds. The smallest absolute Gasteiger partial charge is 0.246 e. The minimum atomic E-state index is -0.438. The lowest BCUT2D eigenvalue weighted by molar-refractivity contribution is -0.159. The third kappa shape index (κ3) is 8.16. The van der Waals surface area contributed by atoms with Crippen LogP contribution in [0.15, 0.2) is 48.5 Å². The largest absolute Gasteiger partial charge is 0.332 e. The average Bonchev–Trinajstić information content (AvgIpc) is 2.92. The van der Waals surface area contributed by atoms with Crippen LogP contribution in [0.25, 0.3) is 11.1 Å². The first-order chi connectivity index (χ1) is 18.0. The Morgan fingerprint density at radius 1 is 0.784 bits per heavy atom. The molecule has 5 heteroatoms. The van der Waals surface area contributed by atoms with Gasteiger partial charge >= 0.3 is 0 Å². The Morgan fingerprint density at radius 2 is 1.49 bits per heavy atom. The van der Waals surface area contributed by atoms with E-state index in [0.29, 0.717) is 13.0 Å². The van der Waals surface area contributed by atoms with E-state index < -0.39 is 6.04 Å². The number of rotatable bonds is 15. The molecule has 5 nitrogen and oxygen atoms in total. The van der Waals surface area contributed by atoms with Gasteiger partial charge in [-0.05, 0) is 54.6 Å². The minimum Gasteiger partial charge on any atom is -0.332 e. The van der Waals surface area contributed by atoms with Crippen LogP contribution in [0.4, 0.5) is 0 Å². The number of hydrogen-bond donors (Lipinski definition) is 1. The van der Waals surface area contributed by atoms with Crippen molar-refractivity contribution in [2.75, 3.05) is 20.1 Å². The second kappa shape index (κ2) is 14.9. The van der Waals surface area contributed by atoms with Crippen molar-refractivity contribution in [3.63, 3.8) is 0 Å². The van der Waals surface area contributed by atoms with E-state index in [-0.39, 0.29) is 17.9 Å². The molecule has 1 unspecified atom stereocenters. The molecule has 0 saturated carbocycles. The molecule has 0 radical (unpaired) electrons. The molecule has 1 heterocycles. The van der Waals surface area contributed by atoms with E-state index in [9.17, 15) is 9.59 Å². The zero-order valence-electron chi connectivity index (χ0n) is 23.5. The quantitative estimate of drug-likeness (QED) is 0.293. The van der Waals surface area contributed by atoms with E-state index in [1.165, 1.54) is 49.7 Å². The number of benzene rings is 2. The number of nitrogens with one attached hydrogen (secondary N) is 1. The highest BCUT2D eigenvalue weighted by Gasteiger charge is 2.41. The van der Waals surface area contributed by atoms with Gasteiger partial charge in [0.1, 0.15) is 12.1 Å². The third-order valence-electron chi connectivity index (χ3n) is 7.64. The van der Waals surface area contributed by atoms with Crippen LogP contribution in [0, 0.1) is 0 Å². The van der Waals surface area contributed by atoms with E-state index >= 15 is 0 Å². The van der Waals surface area contributed by atoms with Gasteiger partial charge in [0.05, 0.1) is 0 Å². The Hall–Kier alpha value is -2.66. The summed E-state index contributed by atoms with van der Waals surface area (Å²) in [4.78, 5) is 29.9. The van der Waals surface area contributed by atoms with Crippen molar-refractivity contribution >= 4 is 11.8 Å². The van der Waals surface area contributed by atoms with E-state index in [1.54, 1.807) is 11.9 Å². The minimum absolute atomic E-state index is 0.0385. The highest BCUT2D eigenvalue weighted by molar-refractivity contribution is 5.96. The van der Waals surface area contributed by atoms with Crippen LogP contribution in [0.1, 0.15) is 83.3 Å². The number of unbranched alkanes of at least 4 members (excludes halogenated alkanes) is 6. The van der Waals surface area contributed by atoms with Crippen molar-refractivity contribution in [1.82, 2.24) is 15.1 Å². The third-order valence-corrected chi connectivity index (χ3v) is 7.64. The summed E-state index contributed by atoms with van der Waals surface area (Å²) in [5, 5.41) is 3.51. The van der Waals surface area contributed by atoms with Crippen molar-refractivity contribution in [1.29, 1.82) is 0 Å². The molecule has 0 bridgehead atoms. The van der Waals surface area contributed by atoms with E-state index in [0.717, 1.165) is 37.1 Å². The van der Waals surface area contributed by atoms with Crippen molar-refractivity contribution in [2.45, 2.75) is 97.2 Å². The fourth-order valence-corrected chi connectivity index (χ4v) is 5.17. The van der Waals surface area contributed by atoms with Gasteiger partial charge in [-0.3, -0.25) is 9.59 Å². The molecule has 3 rings (SSSR count). The first kappa shape index (κ1) is 28.9. The van der Waals surface area contributed by atoms with E-state index in [1.807, 2.05) is 11.8 Å². The highest BCUT2D eigenvalue weighted by atomic mass is 16.2. The molecule has 1 fully saturated rings. The van der Waals surface area contributed by atoms with Gasteiger partial charge in [0.2, 0.25) is 11.8 Å². The SMILES string of the molecule is CCCCCCCCN1C(=O)C(Cc2ccc(-c3cccc(CNCCCC)c3)cc2)N(C)C(=O)[C@@H]1C. The molecule has 1 aliphatic rings. The van der Waals surface area contributed by atoms with Gasteiger partial charge in [0, 0.05) is 26.6 Å². The first-order valence-electron chi connectivity index (χ1n) is 14.4. The second-order valence-corrected chi connectivity index (χ2v) is 10.6. The lowest BCUT2D eigenvalue weighted by Crippen LogP contribution is -2.63. The summed E-state index contributed by atoms with van der Waals surface area (Å²) in [5.74, 6) is 0.118. The number of amides is 2. The molecule has 2 aromatic carbocycles. The lowest BCUT2D eigenvalue weighted by atomic mass is 9.96. The Kier molecular flexibility index (Phi) is 11.7. The number of carbonyl (C=O) groups excluding carboxylic acids is 2. The van der Waals surface area contributed by atoms with Crippen LogP contribution in [0.3, 0.4) is 0 Å². The lowest BCUT2D eigenvalue weighted by Gasteiger charge is -2.42. The monoisotopic (exact) mass is 505 g/mol. The van der Waals surface area contributed by atoms with Gasteiger partial charge in [0.25, 0.3) is 0 Å². The first-order valence-corrected chi connectivity index (χ1v) is 14.4. The summed E-state index contributed by atoms with van der Waals surface area (Å²) in [6, 6.07) is 16.3. The molecule has 1 saturated heterocycles. The van der Waals surface area contributed by atoms with Gasteiger partial charge in [-0.25, -0.2) is 0 Å². The zero-order chi connectivity index (χ0) is 26.6. The molecule has 0 spiro atoms. The molecule has 1 N–H and O–H groups in total. The van der Waals surface area contributed by atoms with Crippen LogP contribution in [0.5, 0.6) is 0 Å². The normalized spacial score (nSPS) is 18.1. The summed E-state index contributed by atoms with van der Waals surface area (Å²) < 4.78 is 0. The molecule has 0 aliphatic carbocycles. The average molecular weight is 506 g/mol. The van der Waals surface area contributed by atoms with Crippen LogP contribution in [-0.4, -0.2) is 53.8 Å². The molecule has 202 valence electrons. The van der Waals surface area contributed by atoms with Gasteiger partial charge in [-0.1, -0.05) is 94.8 Å². The molecular formula is C32H47N3O2. The van der Waals surface area contributed by atoms with E-state index in [4.69, 9.17) is 0 Å². The molecular weight excluding hydrogens is 458 g/mol. The van der Waals surface area contributed by atoms with Crippen LogP contribution in [0.2, 0.25) is 0 Å². The van der Waals surface area contributed by atoms with Crippen molar-refractivity contribution in [2.24, 2.45) is 0 Å². The maximum absolute atomic E-state index is 13.4. The standard InChI is InChI=1S/C32H47N3O2/c1-5-7-9-10-11-12-21-35-25(3)31(36)34(4)30(32(35)37)23-26-16-18-28(19-17-26)29-15-13-14-27(22-29)24-33-20-8-6-2/h13-19,22,25,30,33H,5-12,20-21,23-24H2,1-4H3/t25-,30?/m0/s1. The number of hydrogen-bond acceptors (Lipinski definition) is 3. The van der Waals surface area contributed by atoms with Crippen molar-refractivity contribution < 1.29 is 9.59 Å². The van der Waals surface area contributed by atoms with Crippen LogP contribution >= 0.6 is 0 Å². The Morgan fingerprint density at radius 3 is 2.22 bits per heavy atom. The van der Waals surface area contributed by atoms with Crippen molar-refractivity contribution in [3.05, 3.63) is 59.7 Å². The van der Waals surface area contributed by atoms with Crippen LogP contribution < -0.4 is 5.32 Å². The van der Waals surface area contributed by atoms with Gasteiger partial charge in [-0.15, -0.1) is 0 Å². The molecule has 1 aliphatic heterocycles. The molecule has 0 aromatic heterocycles. The Balaban J connectivity index is 1.61. The van der Waals surface area contributed by atoms with Gasteiger partial charge < -0.3 is 15.1 Å². The molecule has 37 heavy (non-hydrogen) atoms. The molecule has 2 atom stereocenters. The maximum atomic E-state index is 13.4. The highest BCUT2D eigenvalue weighted by Crippen LogP contribution is 2.24. The predicted octanol–water partition coefficient (Wildman–Crippen LogP) is 6.20. The molecule has 2 aromatic rings. The Labute approximate surface area is 224 Å². The zero-order valence-corrected chi connectivity index (χ0v) is 23.5.